The molecule has 0 saturated carbocycles. The lowest BCUT2D eigenvalue weighted by atomic mass is 10.3. The minimum Gasteiger partial charge on any atom is -0.375 e. The fraction of sp³-hybridized carbons (Fsp3) is 1.00. The summed E-state index contributed by atoms with van der Waals surface area (Å²) in [6.07, 6.45) is 0.155. The van der Waals surface area contributed by atoms with Crippen LogP contribution in [0.5, 0.6) is 0 Å². The van der Waals surface area contributed by atoms with Crippen LogP contribution in [-0.4, -0.2) is 41.0 Å². The summed E-state index contributed by atoms with van der Waals surface area (Å²) in [7, 11) is -0.734. The Morgan fingerprint density at radius 1 is 1.67 bits per heavy atom. The molecule has 1 aliphatic heterocycles. The third-order valence-corrected chi connectivity index (χ3v) is 3.63. The van der Waals surface area contributed by atoms with Gasteiger partial charge in [0.25, 0.3) is 0 Å². The van der Waals surface area contributed by atoms with Crippen LogP contribution in [0.4, 0.5) is 0 Å². The highest BCUT2D eigenvalue weighted by Crippen LogP contribution is 2.02. The van der Waals surface area contributed by atoms with Crippen molar-refractivity contribution < 1.29 is 8.95 Å². The Hall–Kier alpha value is 0.0700. The van der Waals surface area contributed by atoms with Gasteiger partial charge >= 0.3 is 0 Å². The van der Waals surface area contributed by atoms with E-state index < -0.39 is 10.8 Å². The first-order chi connectivity index (χ1) is 5.70. The third-order valence-electron chi connectivity index (χ3n) is 1.88. The molecule has 0 aliphatic carbocycles. The Balaban J connectivity index is 2.24. The number of nitrogens with one attached hydrogen (secondary N) is 1. The SMILES string of the molecule is CC(C)S(=O)CC1CNCCO1. The highest BCUT2D eigenvalue weighted by molar-refractivity contribution is 7.85. The normalized spacial score (nSPS) is 27.4. The predicted octanol–water partition coefficient (Wildman–Crippen LogP) is 0.132. The van der Waals surface area contributed by atoms with E-state index in [2.05, 4.69) is 5.32 Å². The van der Waals surface area contributed by atoms with Gasteiger partial charge in [0.2, 0.25) is 0 Å². The summed E-state index contributed by atoms with van der Waals surface area (Å²) in [6, 6.07) is 0. The van der Waals surface area contributed by atoms with Crippen LogP contribution < -0.4 is 5.32 Å². The smallest absolute Gasteiger partial charge is 0.0815 e. The van der Waals surface area contributed by atoms with Gasteiger partial charge in [-0.2, -0.15) is 0 Å². The van der Waals surface area contributed by atoms with Crippen molar-refractivity contribution >= 4 is 10.8 Å². The van der Waals surface area contributed by atoms with Crippen molar-refractivity contribution in [3.63, 3.8) is 0 Å². The molecule has 0 spiro atoms. The van der Waals surface area contributed by atoms with E-state index in [1.165, 1.54) is 0 Å². The van der Waals surface area contributed by atoms with Crippen LogP contribution in [0.15, 0.2) is 0 Å². The van der Waals surface area contributed by atoms with Gasteiger partial charge < -0.3 is 10.1 Å². The fourth-order valence-corrected chi connectivity index (χ4v) is 2.07. The van der Waals surface area contributed by atoms with Crippen molar-refractivity contribution in [3.05, 3.63) is 0 Å². The number of rotatable bonds is 3. The molecule has 2 atom stereocenters. The molecule has 1 saturated heterocycles. The lowest BCUT2D eigenvalue weighted by Crippen LogP contribution is -2.42. The second-order valence-electron chi connectivity index (χ2n) is 3.29. The zero-order chi connectivity index (χ0) is 8.97. The van der Waals surface area contributed by atoms with Crippen molar-refractivity contribution in [2.75, 3.05) is 25.4 Å². The van der Waals surface area contributed by atoms with Crippen molar-refractivity contribution in [2.45, 2.75) is 25.2 Å². The molecule has 0 aromatic heterocycles. The number of ether oxygens (including phenoxy) is 1. The highest BCUT2D eigenvalue weighted by Gasteiger charge is 2.17. The Morgan fingerprint density at radius 3 is 2.92 bits per heavy atom. The van der Waals surface area contributed by atoms with Gasteiger partial charge in [-0.05, 0) is 0 Å². The van der Waals surface area contributed by atoms with Gasteiger partial charge in [-0.1, -0.05) is 13.8 Å². The topological polar surface area (TPSA) is 38.3 Å². The fourth-order valence-electron chi connectivity index (χ4n) is 1.10. The van der Waals surface area contributed by atoms with E-state index in [9.17, 15) is 4.21 Å². The van der Waals surface area contributed by atoms with Crippen molar-refractivity contribution in [1.29, 1.82) is 0 Å². The molecule has 1 N–H and O–H groups in total. The summed E-state index contributed by atoms with van der Waals surface area (Å²) in [5.41, 5.74) is 0. The van der Waals surface area contributed by atoms with E-state index in [-0.39, 0.29) is 11.4 Å². The van der Waals surface area contributed by atoms with E-state index in [1.54, 1.807) is 0 Å². The molecule has 72 valence electrons. The van der Waals surface area contributed by atoms with Crippen LogP contribution in [0.2, 0.25) is 0 Å². The lowest BCUT2D eigenvalue weighted by molar-refractivity contribution is 0.0435. The molecule has 0 aromatic carbocycles. The first kappa shape index (κ1) is 10.2. The minimum absolute atomic E-state index is 0.155. The zero-order valence-corrected chi connectivity index (χ0v) is 8.52. The van der Waals surface area contributed by atoms with E-state index in [0.717, 1.165) is 19.7 Å². The second-order valence-corrected chi connectivity index (χ2v) is 5.33. The zero-order valence-electron chi connectivity index (χ0n) is 7.71. The monoisotopic (exact) mass is 191 g/mol. The standard InChI is InChI=1S/C8H17NO2S/c1-7(2)12(10)6-8-5-9-3-4-11-8/h7-9H,3-6H2,1-2H3. The van der Waals surface area contributed by atoms with Gasteiger partial charge in [0, 0.05) is 29.1 Å². The summed E-state index contributed by atoms with van der Waals surface area (Å²) in [5.74, 6) is 0.671. The average molecular weight is 191 g/mol. The van der Waals surface area contributed by atoms with Crippen LogP contribution in [0.25, 0.3) is 0 Å². The molecule has 0 bridgehead atoms. The Morgan fingerprint density at radius 2 is 2.42 bits per heavy atom. The van der Waals surface area contributed by atoms with Gasteiger partial charge in [0.05, 0.1) is 18.5 Å². The van der Waals surface area contributed by atoms with Crippen LogP contribution in [-0.2, 0) is 15.5 Å². The maximum absolute atomic E-state index is 11.4. The van der Waals surface area contributed by atoms with Crippen LogP contribution in [0, 0.1) is 0 Å². The molecule has 3 nitrogen and oxygen atoms in total. The van der Waals surface area contributed by atoms with Crippen LogP contribution >= 0.6 is 0 Å². The maximum Gasteiger partial charge on any atom is 0.0815 e. The molecule has 12 heavy (non-hydrogen) atoms. The lowest BCUT2D eigenvalue weighted by Gasteiger charge is -2.23. The highest BCUT2D eigenvalue weighted by atomic mass is 32.2. The summed E-state index contributed by atoms with van der Waals surface area (Å²) >= 11 is 0. The molecule has 1 heterocycles. The number of morpholine rings is 1. The first-order valence-electron chi connectivity index (χ1n) is 4.39. The molecule has 0 amide bonds. The van der Waals surface area contributed by atoms with Gasteiger partial charge in [-0.3, -0.25) is 4.21 Å². The molecular weight excluding hydrogens is 174 g/mol. The molecule has 1 fully saturated rings. The third kappa shape index (κ3) is 3.21. The molecular formula is C8H17NO2S. The van der Waals surface area contributed by atoms with Gasteiger partial charge in [0.1, 0.15) is 0 Å². The number of hydrogen-bond donors (Lipinski definition) is 1. The Bertz CT molecular complexity index is 155. The summed E-state index contributed by atoms with van der Waals surface area (Å²) in [6.45, 7) is 6.47. The Labute approximate surface area is 76.3 Å². The minimum atomic E-state index is -0.734. The maximum atomic E-state index is 11.4. The van der Waals surface area contributed by atoms with Crippen molar-refractivity contribution in [3.8, 4) is 0 Å². The molecule has 2 unspecified atom stereocenters. The Kier molecular flexibility index (Phi) is 4.18. The van der Waals surface area contributed by atoms with Gasteiger partial charge in [0.15, 0.2) is 0 Å². The van der Waals surface area contributed by atoms with E-state index >= 15 is 0 Å². The van der Waals surface area contributed by atoms with Gasteiger partial charge in [-0.15, -0.1) is 0 Å². The van der Waals surface area contributed by atoms with E-state index in [1.807, 2.05) is 13.8 Å². The molecule has 1 rings (SSSR count). The van der Waals surface area contributed by atoms with E-state index in [4.69, 9.17) is 4.74 Å². The van der Waals surface area contributed by atoms with E-state index in [0.29, 0.717) is 5.75 Å². The van der Waals surface area contributed by atoms with Crippen molar-refractivity contribution in [2.24, 2.45) is 0 Å². The number of hydrogen-bond acceptors (Lipinski definition) is 3. The summed E-state index contributed by atoms with van der Waals surface area (Å²) < 4.78 is 16.9. The average Bonchev–Trinajstić information content (AvgIpc) is 2.06. The molecule has 1 aliphatic rings. The van der Waals surface area contributed by atoms with Crippen LogP contribution in [0.1, 0.15) is 13.8 Å². The quantitative estimate of drug-likeness (QED) is 0.689. The largest absolute Gasteiger partial charge is 0.375 e. The summed E-state index contributed by atoms with van der Waals surface area (Å²) in [5, 5.41) is 3.47. The summed E-state index contributed by atoms with van der Waals surface area (Å²) in [4.78, 5) is 0. The van der Waals surface area contributed by atoms with Crippen LogP contribution in [0.3, 0.4) is 0 Å². The molecule has 0 radical (unpaired) electrons. The predicted molar refractivity (Wildman–Crippen MR) is 50.8 cm³/mol. The molecule has 4 heteroatoms. The van der Waals surface area contributed by atoms with Crippen molar-refractivity contribution in [1.82, 2.24) is 5.32 Å². The first-order valence-corrected chi connectivity index (χ1v) is 5.78. The molecule has 0 aromatic rings. The second kappa shape index (κ2) is 4.94. The van der Waals surface area contributed by atoms with Gasteiger partial charge in [-0.25, -0.2) is 0 Å².